The van der Waals surface area contributed by atoms with Crippen LogP contribution in [0.25, 0.3) is 0 Å². The van der Waals surface area contributed by atoms with Crippen LogP contribution in [0.4, 0.5) is 0 Å². The molecule has 1 aromatic carbocycles. The summed E-state index contributed by atoms with van der Waals surface area (Å²) in [6, 6.07) is 10.3. The molecule has 1 amide bonds. The summed E-state index contributed by atoms with van der Waals surface area (Å²) in [5, 5.41) is 3.26. The number of carbonyl (C=O) groups excluding carboxylic acids is 1. The van der Waals surface area contributed by atoms with Gasteiger partial charge in [0.2, 0.25) is 5.91 Å². The lowest BCUT2D eigenvalue weighted by molar-refractivity contribution is -0.150. The smallest absolute Gasteiger partial charge is 0.226 e. The van der Waals surface area contributed by atoms with Gasteiger partial charge in [-0.3, -0.25) is 4.79 Å². The third-order valence-electron chi connectivity index (χ3n) is 4.75. The van der Waals surface area contributed by atoms with Crippen molar-refractivity contribution in [3.05, 3.63) is 35.9 Å². The molecule has 1 N–H and O–H groups in total. The number of rotatable bonds is 3. The van der Waals surface area contributed by atoms with Crippen LogP contribution >= 0.6 is 12.4 Å². The average molecular weight is 325 g/mol. The van der Waals surface area contributed by atoms with Gasteiger partial charge in [-0.05, 0) is 31.5 Å². The van der Waals surface area contributed by atoms with E-state index in [1.165, 1.54) is 0 Å². The molecule has 3 rings (SSSR count). The zero-order chi connectivity index (χ0) is 14.8. The monoisotopic (exact) mass is 324 g/mol. The van der Waals surface area contributed by atoms with Crippen LogP contribution in [0.2, 0.25) is 0 Å². The lowest BCUT2D eigenvalue weighted by atomic mass is 9.87. The second kappa shape index (κ2) is 7.44. The fourth-order valence-corrected chi connectivity index (χ4v) is 3.13. The molecular weight excluding hydrogens is 300 g/mol. The normalized spacial score (nSPS) is 26.7. The first kappa shape index (κ1) is 17.3. The van der Waals surface area contributed by atoms with Crippen LogP contribution in [-0.4, -0.2) is 43.2 Å². The van der Waals surface area contributed by atoms with Crippen molar-refractivity contribution in [3.8, 4) is 0 Å². The molecule has 4 nitrogen and oxygen atoms in total. The van der Waals surface area contributed by atoms with E-state index in [2.05, 4.69) is 24.4 Å². The Labute approximate surface area is 138 Å². The molecule has 0 aliphatic carbocycles. The average Bonchev–Trinajstić information content (AvgIpc) is 2.45. The minimum Gasteiger partial charge on any atom is -0.374 e. The number of halogens is 1. The number of benzene rings is 1. The molecule has 122 valence electrons. The van der Waals surface area contributed by atoms with Crippen molar-refractivity contribution in [2.24, 2.45) is 11.8 Å². The number of nitrogens with one attached hydrogen (secondary N) is 1. The molecule has 2 saturated heterocycles. The van der Waals surface area contributed by atoms with E-state index >= 15 is 0 Å². The minimum atomic E-state index is 0. The van der Waals surface area contributed by atoms with E-state index in [-0.39, 0.29) is 36.4 Å². The number of hydrogen-bond donors (Lipinski definition) is 1. The number of carbonyl (C=O) groups is 1. The Morgan fingerprint density at radius 1 is 1.32 bits per heavy atom. The summed E-state index contributed by atoms with van der Waals surface area (Å²) >= 11 is 0. The van der Waals surface area contributed by atoms with Gasteiger partial charge in [-0.15, -0.1) is 12.4 Å². The van der Waals surface area contributed by atoms with Crippen LogP contribution in [0.15, 0.2) is 30.3 Å². The van der Waals surface area contributed by atoms with Gasteiger partial charge < -0.3 is 15.0 Å². The summed E-state index contributed by atoms with van der Waals surface area (Å²) in [6.45, 7) is 7.30. The highest BCUT2D eigenvalue weighted by molar-refractivity contribution is 5.85. The minimum absolute atomic E-state index is 0. The Bertz CT molecular complexity index is 493. The molecule has 0 spiro atoms. The van der Waals surface area contributed by atoms with Crippen molar-refractivity contribution in [1.29, 1.82) is 0 Å². The fraction of sp³-hybridized carbons (Fsp3) is 0.588. The summed E-state index contributed by atoms with van der Waals surface area (Å²) in [4.78, 5) is 14.9. The van der Waals surface area contributed by atoms with Crippen molar-refractivity contribution in [1.82, 2.24) is 10.2 Å². The van der Waals surface area contributed by atoms with Gasteiger partial charge >= 0.3 is 0 Å². The summed E-state index contributed by atoms with van der Waals surface area (Å²) in [5.41, 5.74) is 1.16. The summed E-state index contributed by atoms with van der Waals surface area (Å²) in [5.74, 6) is 0.834. The molecule has 0 aromatic heterocycles. The molecular formula is C17H25ClN2O2. The van der Waals surface area contributed by atoms with Crippen molar-refractivity contribution in [3.63, 3.8) is 0 Å². The van der Waals surface area contributed by atoms with E-state index in [0.29, 0.717) is 19.1 Å². The SMILES string of the molecule is CC1CN(C(=O)C(C)C2CNC2)C(c2ccccc2)CO1.Cl. The van der Waals surface area contributed by atoms with Gasteiger partial charge in [0.1, 0.15) is 0 Å². The van der Waals surface area contributed by atoms with Crippen LogP contribution in [0.5, 0.6) is 0 Å². The number of morpholine rings is 1. The zero-order valence-electron chi connectivity index (χ0n) is 13.2. The maximum atomic E-state index is 12.9. The van der Waals surface area contributed by atoms with E-state index in [9.17, 15) is 4.79 Å². The number of amides is 1. The second-order valence-electron chi connectivity index (χ2n) is 6.27. The topological polar surface area (TPSA) is 41.6 Å². The highest BCUT2D eigenvalue weighted by Crippen LogP contribution is 2.29. The Balaban J connectivity index is 0.00000176. The molecule has 3 atom stereocenters. The Kier molecular flexibility index (Phi) is 5.84. The largest absolute Gasteiger partial charge is 0.374 e. The molecule has 2 heterocycles. The second-order valence-corrected chi connectivity index (χ2v) is 6.27. The standard InChI is InChI=1S/C17H24N2O2.ClH/c1-12-10-19(17(20)13(2)15-8-18-9-15)16(11-21-12)14-6-4-3-5-7-14;/h3-7,12-13,15-16,18H,8-11H2,1-2H3;1H. The molecule has 1 aromatic rings. The van der Waals surface area contributed by atoms with Gasteiger partial charge in [0, 0.05) is 12.5 Å². The Hall–Kier alpha value is -1.10. The van der Waals surface area contributed by atoms with Crippen molar-refractivity contribution < 1.29 is 9.53 Å². The third-order valence-corrected chi connectivity index (χ3v) is 4.75. The van der Waals surface area contributed by atoms with Crippen LogP contribution < -0.4 is 5.32 Å². The fourth-order valence-electron chi connectivity index (χ4n) is 3.13. The molecule has 0 saturated carbocycles. The maximum Gasteiger partial charge on any atom is 0.226 e. The van der Waals surface area contributed by atoms with Gasteiger partial charge in [0.05, 0.1) is 18.8 Å². The Morgan fingerprint density at radius 2 is 2.00 bits per heavy atom. The maximum absolute atomic E-state index is 12.9. The first-order valence-electron chi connectivity index (χ1n) is 7.84. The highest BCUT2D eigenvalue weighted by atomic mass is 35.5. The van der Waals surface area contributed by atoms with E-state index in [1.807, 2.05) is 30.0 Å². The first-order chi connectivity index (χ1) is 10.2. The third kappa shape index (κ3) is 3.45. The van der Waals surface area contributed by atoms with Gasteiger partial charge in [-0.25, -0.2) is 0 Å². The molecule has 0 bridgehead atoms. The Morgan fingerprint density at radius 3 is 2.59 bits per heavy atom. The van der Waals surface area contributed by atoms with Gasteiger partial charge in [-0.1, -0.05) is 37.3 Å². The number of nitrogens with zero attached hydrogens (tertiary/aromatic N) is 1. The van der Waals surface area contributed by atoms with Crippen molar-refractivity contribution >= 4 is 18.3 Å². The molecule has 3 unspecified atom stereocenters. The summed E-state index contributed by atoms with van der Waals surface area (Å²) in [7, 11) is 0. The zero-order valence-corrected chi connectivity index (χ0v) is 14.0. The van der Waals surface area contributed by atoms with E-state index < -0.39 is 0 Å². The molecule has 2 fully saturated rings. The molecule has 0 radical (unpaired) electrons. The number of hydrogen-bond acceptors (Lipinski definition) is 3. The quantitative estimate of drug-likeness (QED) is 0.927. The van der Waals surface area contributed by atoms with Crippen molar-refractivity contribution in [2.45, 2.75) is 26.0 Å². The van der Waals surface area contributed by atoms with Gasteiger partial charge in [-0.2, -0.15) is 0 Å². The van der Waals surface area contributed by atoms with Crippen LogP contribution in [0.1, 0.15) is 25.5 Å². The van der Waals surface area contributed by atoms with Crippen LogP contribution in [0, 0.1) is 11.8 Å². The molecule has 5 heteroatoms. The predicted octanol–water partition coefficient (Wildman–Crippen LogP) is 2.25. The number of ether oxygens (including phenoxy) is 1. The van der Waals surface area contributed by atoms with E-state index in [4.69, 9.17) is 4.74 Å². The van der Waals surface area contributed by atoms with Gasteiger partial charge in [0.15, 0.2) is 0 Å². The molecule has 22 heavy (non-hydrogen) atoms. The molecule has 2 aliphatic rings. The van der Waals surface area contributed by atoms with Crippen LogP contribution in [-0.2, 0) is 9.53 Å². The van der Waals surface area contributed by atoms with Gasteiger partial charge in [0.25, 0.3) is 0 Å². The lowest BCUT2D eigenvalue weighted by Crippen LogP contribution is -2.54. The lowest BCUT2D eigenvalue weighted by Gasteiger charge is -2.42. The molecule has 2 aliphatic heterocycles. The predicted molar refractivity (Wildman–Crippen MR) is 89.1 cm³/mol. The van der Waals surface area contributed by atoms with E-state index in [1.54, 1.807) is 0 Å². The first-order valence-corrected chi connectivity index (χ1v) is 7.84. The van der Waals surface area contributed by atoms with Crippen LogP contribution in [0.3, 0.4) is 0 Å². The van der Waals surface area contributed by atoms with E-state index in [0.717, 1.165) is 18.7 Å². The highest BCUT2D eigenvalue weighted by Gasteiger charge is 2.37. The summed E-state index contributed by atoms with van der Waals surface area (Å²) in [6.07, 6.45) is 0.112. The summed E-state index contributed by atoms with van der Waals surface area (Å²) < 4.78 is 5.80. The van der Waals surface area contributed by atoms with Crippen molar-refractivity contribution in [2.75, 3.05) is 26.2 Å².